The van der Waals surface area contributed by atoms with Crippen LogP contribution in [0.4, 0.5) is 10.5 Å². The van der Waals surface area contributed by atoms with Crippen molar-refractivity contribution in [2.45, 2.75) is 26.9 Å². The Morgan fingerprint density at radius 2 is 2.04 bits per heavy atom. The minimum Gasteiger partial charge on any atom is -0.333 e. The highest BCUT2D eigenvalue weighted by Crippen LogP contribution is 2.16. The molecule has 1 aromatic carbocycles. The maximum atomic E-state index is 12.0. The van der Waals surface area contributed by atoms with E-state index in [1.54, 1.807) is 17.5 Å². The summed E-state index contributed by atoms with van der Waals surface area (Å²) in [6, 6.07) is 9.41. The fourth-order valence-electron chi connectivity index (χ4n) is 2.35. The van der Waals surface area contributed by atoms with Crippen LogP contribution in [-0.2, 0) is 13.1 Å². The van der Waals surface area contributed by atoms with Gasteiger partial charge in [-0.05, 0) is 37.6 Å². The Morgan fingerprint density at radius 3 is 2.67 bits per heavy atom. The first-order valence-electron chi connectivity index (χ1n) is 7.64. The quantitative estimate of drug-likeness (QED) is 0.748. The van der Waals surface area contributed by atoms with Gasteiger partial charge in [0.2, 0.25) is 0 Å². The van der Waals surface area contributed by atoms with Gasteiger partial charge in [0.05, 0.1) is 23.8 Å². The van der Waals surface area contributed by atoms with Crippen LogP contribution in [0.25, 0.3) is 0 Å². The molecule has 0 radical (unpaired) electrons. The third-order valence-corrected chi connectivity index (χ3v) is 4.60. The second-order valence-corrected chi connectivity index (χ2v) is 6.74. The molecular formula is C17H19N5OS. The smallest absolute Gasteiger partial charge is 0.319 e. The van der Waals surface area contributed by atoms with Crippen molar-refractivity contribution in [1.29, 1.82) is 0 Å². The number of aryl methyl sites for hydroxylation is 2. The van der Waals surface area contributed by atoms with Gasteiger partial charge in [-0.25, -0.2) is 9.78 Å². The van der Waals surface area contributed by atoms with Gasteiger partial charge in [0.25, 0.3) is 0 Å². The summed E-state index contributed by atoms with van der Waals surface area (Å²) < 4.78 is 1.86. The van der Waals surface area contributed by atoms with Gasteiger partial charge in [-0.3, -0.25) is 4.68 Å². The summed E-state index contributed by atoms with van der Waals surface area (Å²) in [4.78, 5) is 17.4. The zero-order valence-corrected chi connectivity index (χ0v) is 14.4. The number of benzene rings is 1. The van der Waals surface area contributed by atoms with E-state index >= 15 is 0 Å². The summed E-state index contributed by atoms with van der Waals surface area (Å²) in [5.41, 5.74) is 2.86. The summed E-state index contributed by atoms with van der Waals surface area (Å²) in [6.07, 6.45) is 3.68. The first kappa shape index (κ1) is 16.2. The molecular weight excluding hydrogens is 322 g/mol. The predicted molar refractivity (Wildman–Crippen MR) is 95.2 cm³/mol. The lowest BCUT2D eigenvalue weighted by Crippen LogP contribution is -2.28. The number of thiazole rings is 1. The van der Waals surface area contributed by atoms with Gasteiger partial charge in [-0.2, -0.15) is 5.10 Å². The number of anilines is 1. The second-order valence-electron chi connectivity index (χ2n) is 5.45. The molecule has 2 amide bonds. The Kier molecular flexibility index (Phi) is 4.90. The fraction of sp³-hybridized carbons (Fsp3) is 0.235. The molecule has 7 heteroatoms. The number of carbonyl (C=O) groups excluding carboxylic acids is 1. The number of rotatable bonds is 5. The lowest BCUT2D eigenvalue weighted by atomic mass is 10.2. The van der Waals surface area contributed by atoms with Gasteiger partial charge in [0.15, 0.2) is 0 Å². The average Bonchev–Trinajstić information content (AvgIpc) is 3.17. The molecule has 2 aromatic heterocycles. The SMILES string of the molecule is Cc1nc(C)c(CNC(=O)Nc2ccc(Cn3cccn3)cc2)s1. The molecule has 3 aromatic rings. The highest BCUT2D eigenvalue weighted by atomic mass is 32.1. The maximum Gasteiger partial charge on any atom is 0.319 e. The Morgan fingerprint density at radius 1 is 1.25 bits per heavy atom. The summed E-state index contributed by atoms with van der Waals surface area (Å²) in [5.74, 6) is 0. The van der Waals surface area contributed by atoms with Crippen LogP contribution in [0, 0.1) is 13.8 Å². The van der Waals surface area contributed by atoms with E-state index in [4.69, 9.17) is 0 Å². The highest BCUT2D eigenvalue weighted by Gasteiger charge is 2.07. The van der Waals surface area contributed by atoms with Gasteiger partial charge in [-0.15, -0.1) is 11.3 Å². The molecule has 2 heterocycles. The Balaban J connectivity index is 1.51. The van der Waals surface area contributed by atoms with Crippen molar-refractivity contribution in [1.82, 2.24) is 20.1 Å². The van der Waals surface area contributed by atoms with Crippen LogP contribution in [0.15, 0.2) is 42.7 Å². The molecule has 0 bridgehead atoms. The number of hydrogen-bond donors (Lipinski definition) is 2. The zero-order valence-electron chi connectivity index (χ0n) is 13.6. The Labute approximate surface area is 144 Å². The summed E-state index contributed by atoms with van der Waals surface area (Å²) in [5, 5.41) is 10.9. The minimum absolute atomic E-state index is 0.222. The Hall–Kier alpha value is -2.67. The normalized spacial score (nSPS) is 10.6. The maximum absolute atomic E-state index is 12.0. The number of nitrogens with one attached hydrogen (secondary N) is 2. The molecule has 0 saturated heterocycles. The molecule has 3 rings (SSSR count). The molecule has 0 unspecified atom stereocenters. The number of aromatic nitrogens is 3. The molecule has 0 aliphatic carbocycles. The lowest BCUT2D eigenvalue weighted by molar-refractivity contribution is 0.252. The van der Waals surface area contributed by atoms with Crippen LogP contribution < -0.4 is 10.6 Å². The lowest BCUT2D eigenvalue weighted by Gasteiger charge is -2.08. The third-order valence-electron chi connectivity index (χ3n) is 3.52. The third kappa shape index (κ3) is 4.20. The fourth-order valence-corrected chi connectivity index (χ4v) is 3.22. The minimum atomic E-state index is -0.222. The van der Waals surface area contributed by atoms with Crippen LogP contribution >= 0.6 is 11.3 Å². The molecule has 0 aliphatic heterocycles. The molecule has 124 valence electrons. The standard InChI is InChI=1S/C17H19N5OS/c1-12-16(24-13(2)20-12)10-18-17(23)21-15-6-4-14(5-7-15)11-22-9-3-8-19-22/h3-9H,10-11H2,1-2H3,(H2,18,21,23). The van der Waals surface area contributed by atoms with E-state index in [1.165, 1.54) is 0 Å². The van der Waals surface area contributed by atoms with Gasteiger partial charge in [-0.1, -0.05) is 12.1 Å². The van der Waals surface area contributed by atoms with Crippen molar-refractivity contribution in [2.75, 3.05) is 5.32 Å². The number of carbonyl (C=O) groups is 1. The first-order chi connectivity index (χ1) is 11.6. The first-order valence-corrected chi connectivity index (χ1v) is 8.46. The van der Waals surface area contributed by atoms with Crippen molar-refractivity contribution >= 4 is 23.1 Å². The largest absolute Gasteiger partial charge is 0.333 e. The second kappa shape index (κ2) is 7.27. The van der Waals surface area contributed by atoms with Crippen LogP contribution in [0.1, 0.15) is 21.1 Å². The van der Waals surface area contributed by atoms with E-state index in [2.05, 4.69) is 20.7 Å². The molecule has 2 N–H and O–H groups in total. The highest BCUT2D eigenvalue weighted by molar-refractivity contribution is 7.11. The van der Waals surface area contributed by atoms with E-state index in [0.29, 0.717) is 13.1 Å². The van der Waals surface area contributed by atoms with Crippen molar-refractivity contribution < 1.29 is 4.79 Å². The molecule has 0 aliphatic rings. The average molecular weight is 341 g/mol. The molecule has 0 saturated carbocycles. The van der Waals surface area contributed by atoms with Crippen LogP contribution in [-0.4, -0.2) is 20.8 Å². The van der Waals surface area contributed by atoms with Crippen LogP contribution in [0.2, 0.25) is 0 Å². The van der Waals surface area contributed by atoms with Gasteiger partial charge < -0.3 is 10.6 Å². The number of nitrogens with zero attached hydrogens (tertiary/aromatic N) is 3. The zero-order chi connectivity index (χ0) is 16.9. The van der Waals surface area contributed by atoms with E-state index in [9.17, 15) is 4.79 Å². The van der Waals surface area contributed by atoms with E-state index < -0.39 is 0 Å². The van der Waals surface area contributed by atoms with E-state index in [0.717, 1.165) is 26.8 Å². The number of amides is 2. The molecule has 0 fully saturated rings. The van der Waals surface area contributed by atoms with Crippen molar-refractivity contribution in [3.63, 3.8) is 0 Å². The number of hydrogen-bond acceptors (Lipinski definition) is 4. The summed E-state index contributed by atoms with van der Waals surface area (Å²) in [6.45, 7) is 5.12. The molecule has 6 nitrogen and oxygen atoms in total. The van der Waals surface area contributed by atoms with E-state index in [-0.39, 0.29) is 6.03 Å². The van der Waals surface area contributed by atoms with Crippen molar-refractivity contribution in [3.8, 4) is 0 Å². The van der Waals surface area contributed by atoms with Gasteiger partial charge in [0, 0.05) is 23.0 Å². The Bertz CT molecular complexity index is 808. The molecule has 0 spiro atoms. The topological polar surface area (TPSA) is 71.8 Å². The summed E-state index contributed by atoms with van der Waals surface area (Å²) >= 11 is 1.60. The monoisotopic (exact) mass is 341 g/mol. The van der Waals surface area contributed by atoms with Crippen molar-refractivity contribution in [2.24, 2.45) is 0 Å². The van der Waals surface area contributed by atoms with E-state index in [1.807, 2.05) is 55.1 Å². The van der Waals surface area contributed by atoms with Crippen molar-refractivity contribution in [3.05, 3.63) is 63.9 Å². The van der Waals surface area contributed by atoms with Gasteiger partial charge >= 0.3 is 6.03 Å². The molecule has 0 atom stereocenters. The summed E-state index contributed by atoms with van der Waals surface area (Å²) in [7, 11) is 0. The predicted octanol–water partition coefficient (Wildman–Crippen LogP) is 3.33. The molecule has 24 heavy (non-hydrogen) atoms. The van der Waals surface area contributed by atoms with Crippen LogP contribution in [0.5, 0.6) is 0 Å². The van der Waals surface area contributed by atoms with Gasteiger partial charge in [0.1, 0.15) is 0 Å². The number of urea groups is 1. The van der Waals surface area contributed by atoms with Crippen LogP contribution in [0.3, 0.4) is 0 Å².